The molecule has 0 N–H and O–H groups in total. The summed E-state index contributed by atoms with van der Waals surface area (Å²) in [6.45, 7) is 0. The first-order valence-electron chi connectivity index (χ1n) is 7.17. The number of nitrogens with zero attached hydrogens (tertiary/aromatic N) is 3. The van der Waals surface area contributed by atoms with Crippen LogP contribution in [-0.2, 0) is 0 Å². The molecule has 3 aromatic heterocycles. The van der Waals surface area contributed by atoms with Crippen LogP contribution in [0.2, 0.25) is 0 Å². The van der Waals surface area contributed by atoms with E-state index in [0.29, 0.717) is 27.9 Å². The molecule has 0 unspecified atom stereocenters. The van der Waals surface area contributed by atoms with Gasteiger partial charge in [0.15, 0.2) is 0 Å². The minimum absolute atomic E-state index is 0.370. The minimum Gasteiger partial charge on any atom is -0.237 e. The first kappa shape index (κ1) is 14.4. The predicted molar refractivity (Wildman–Crippen MR) is 83.7 cm³/mol. The van der Waals surface area contributed by atoms with Crippen molar-refractivity contribution in [2.45, 2.75) is 0 Å². The van der Waals surface area contributed by atoms with E-state index in [1.165, 1.54) is 41.2 Å². The summed E-state index contributed by atoms with van der Waals surface area (Å²) >= 11 is 0. The zero-order valence-corrected chi connectivity index (χ0v) is 12.2. The summed E-state index contributed by atoms with van der Waals surface area (Å²) in [5.74, 6) is -1.44. The lowest BCUT2D eigenvalue weighted by Gasteiger charge is -2.04. The van der Waals surface area contributed by atoms with Crippen molar-refractivity contribution in [3.8, 4) is 22.4 Å². The molecular formula is C18H10F3N3. The zero-order valence-electron chi connectivity index (χ0n) is 12.2. The molecule has 0 bridgehead atoms. The molecule has 0 radical (unpaired) electrons. The number of hydrogen-bond acceptors (Lipinski definition) is 2. The lowest BCUT2D eigenvalue weighted by atomic mass is 10.0. The van der Waals surface area contributed by atoms with Gasteiger partial charge in [0, 0.05) is 23.4 Å². The van der Waals surface area contributed by atoms with Gasteiger partial charge in [-0.25, -0.2) is 18.3 Å². The van der Waals surface area contributed by atoms with E-state index in [0.717, 1.165) is 0 Å². The van der Waals surface area contributed by atoms with Gasteiger partial charge in [0.2, 0.25) is 5.95 Å². The third-order valence-electron chi connectivity index (χ3n) is 3.73. The highest BCUT2D eigenvalue weighted by Crippen LogP contribution is 2.35. The number of pyridine rings is 2. The number of rotatable bonds is 2. The zero-order chi connectivity index (χ0) is 16.7. The van der Waals surface area contributed by atoms with Crippen LogP contribution in [0.3, 0.4) is 0 Å². The van der Waals surface area contributed by atoms with Crippen LogP contribution in [-0.4, -0.2) is 14.6 Å². The van der Waals surface area contributed by atoms with E-state index in [1.807, 2.05) is 0 Å². The fraction of sp³-hybridized carbons (Fsp3) is 0. The Balaban J connectivity index is 2.05. The summed E-state index contributed by atoms with van der Waals surface area (Å²) in [6.07, 6.45) is 2.59. The average molecular weight is 325 g/mol. The highest BCUT2D eigenvalue weighted by atomic mass is 19.1. The number of fused-ring (bicyclic) bond motifs is 1. The molecule has 0 atom stereocenters. The molecule has 6 heteroatoms. The molecule has 0 saturated carbocycles. The molecular weight excluding hydrogens is 315 g/mol. The molecule has 118 valence electrons. The molecule has 0 amide bonds. The molecule has 1 aromatic carbocycles. The van der Waals surface area contributed by atoms with Crippen molar-refractivity contribution in [2.24, 2.45) is 0 Å². The summed E-state index contributed by atoms with van der Waals surface area (Å²) in [5.41, 5.74) is 2.95. The van der Waals surface area contributed by atoms with E-state index in [4.69, 9.17) is 0 Å². The van der Waals surface area contributed by atoms with Crippen LogP contribution >= 0.6 is 0 Å². The molecule has 0 spiro atoms. The van der Waals surface area contributed by atoms with E-state index in [1.54, 1.807) is 24.3 Å². The Bertz CT molecular complexity index is 1040. The molecule has 4 aromatic rings. The summed E-state index contributed by atoms with van der Waals surface area (Å²) in [4.78, 5) is 3.55. The van der Waals surface area contributed by atoms with Gasteiger partial charge in [-0.3, -0.25) is 0 Å². The van der Waals surface area contributed by atoms with Crippen LogP contribution in [0.15, 0.2) is 60.9 Å². The smallest absolute Gasteiger partial charge is 0.213 e. The molecule has 0 aliphatic carbocycles. The Kier molecular flexibility index (Phi) is 3.30. The fourth-order valence-corrected chi connectivity index (χ4v) is 2.68. The third-order valence-corrected chi connectivity index (χ3v) is 3.73. The van der Waals surface area contributed by atoms with E-state index < -0.39 is 11.8 Å². The van der Waals surface area contributed by atoms with Crippen LogP contribution < -0.4 is 0 Å². The normalized spacial score (nSPS) is 11.1. The molecule has 0 aliphatic rings. The largest absolute Gasteiger partial charge is 0.237 e. The van der Waals surface area contributed by atoms with Crippen molar-refractivity contribution in [1.29, 1.82) is 0 Å². The van der Waals surface area contributed by atoms with E-state index in [9.17, 15) is 13.2 Å². The van der Waals surface area contributed by atoms with Crippen LogP contribution in [0.1, 0.15) is 0 Å². The van der Waals surface area contributed by atoms with Crippen LogP contribution in [0.25, 0.3) is 27.9 Å². The van der Waals surface area contributed by atoms with E-state index in [-0.39, 0.29) is 5.82 Å². The summed E-state index contributed by atoms with van der Waals surface area (Å²) in [7, 11) is 0. The van der Waals surface area contributed by atoms with Gasteiger partial charge in [0.1, 0.15) is 17.3 Å². The highest BCUT2D eigenvalue weighted by molar-refractivity contribution is 5.92. The highest BCUT2D eigenvalue weighted by Gasteiger charge is 2.17. The van der Waals surface area contributed by atoms with Gasteiger partial charge in [-0.2, -0.15) is 9.49 Å². The van der Waals surface area contributed by atoms with E-state index >= 15 is 0 Å². The Hall–Kier alpha value is -3.15. The van der Waals surface area contributed by atoms with Crippen molar-refractivity contribution in [2.75, 3.05) is 0 Å². The van der Waals surface area contributed by atoms with Crippen molar-refractivity contribution in [1.82, 2.24) is 14.6 Å². The van der Waals surface area contributed by atoms with Crippen LogP contribution in [0, 0.1) is 17.6 Å². The predicted octanol–water partition coefficient (Wildman–Crippen LogP) is 4.48. The van der Waals surface area contributed by atoms with Gasteiger partial charge >= 0.3 is 0 Å². The number of aromatic nitrogens is 3. The van der Waals surface area contributed by atoms with Crippen molar-refractivity contribution < 1.29 is 13.2 Å². The molecule has 0 saturated heterocycles. The monoisotopic (exact) mass is 325 g/mol. The number of halogens is 3. The van der Waals surface area contributed by atoms with Gasteiger partial charge in [0.25, 0.3) is 0 Å². The van der Waals surface area contributed by atoms with Crippen LogP contribution in [0.4, 0.5) is 13.2 Å². The number of hydrogen-bond donors (Lipinski definition) is 0. The Morgan fingerprint density at radius 3 is 2.29 bits per heavy atom. The fourth-order valence-electron chi connectivity index (χ4n) is 2.68. The lowest BCUT2D eigenvalue weighted by Crippen LogP contribution is -1.88. The molecule has 0 aliphatic heterocycles. The topological polar surface area (TPSA) is 30.2 Å². The Labute approximate surface area is 135 Å². The van der Waals surface area contributed by atoms with Crippen molar-refractivity contribution in [3.05, 3.63) is 78.5 Å². The van der Waals surface area contributed by atoms with Gasteiger partial charge in [-0.1, -0.05) is 0 Å². The van der Waals surface area contributed by atoms with Crippen molar-refractivity contribution in [3.63, 3.8) is 0 Å². The summed E-state index contributed by atoms with van der Waals surface area (Å²) < 4.78 is 41.7. The Morgan fingerprint density at radius 2 is 1.54 bits per heavy atom. The quantitative estimate of drug-likeness (QED) is 0.509. The van der Waals surface area contributed by atoms with E-state index in [2.05, 4.69) is 10.1 Å². The second kappa shape index (κ2) is 5.49. The first-order valence-corrected chi connectivity index (χ1v) is 7.17. The first-order chi connectivity index (χ1) is 11.6. The Morgan fingerprint density at radius 1 is 0.792 bits per heavy atom. The standard InChI is InChI=1S/C18H10F3N3/c19-13-3-1-11(2-4-13)18-17(12-7-8-22-16(21)9-12)15-6-5-14(20)10-24(15)23-18/h1-10H. The summed E-state index contributed by atoms with van der Waals surface area (Å²) in [5, 5.41) is 4.39. The third kappa shape index (κ3) is 2.42. The lowest BCUT2D eigenvalue weighted by molar-refractivity contribution is 0.584. The molecule has 4 rings (SSSR count). The van der Waals surface area contributed by atoms with Crippen LogP contribution in [0.5, 0.6) is 0 Å². The van der Waals surface area contributed by atoms with Gasteiger partial charge in [0.05, 0.1) is 11.7 Å². The maximum absolute atomic E-state index is 13.6. The van der Waals surface area contributed by atoms with Gasteiger partial charge < -0.3 is 0 Å². The average Bonchev–Trinajstić information content (AvgIpc) is 2.94. The molecule has 3 nitrogen and oxygen atoms in total. The SMILES string of the molecule is Fc1ccc(-c2nn3cc(F)ccc3c2-c2ccnc(F)c2)cc1. The molecule has 3 heterocycles. The molecule has 0 fully saturated rings. The van der Waals surface area contributed by atoms with Gasteiger partial charge in [-0.15, -0.1) is 0 Å². The second-order valence-corrected chi connectivity index (χ2v) is 5.27. The molecule has 24 heavy (non-hydrogen) atoms. The maximum atomic E-state index is 13.6. The van der Waals surface area contributed by atoms with Gasteiger partial charge in [-0.05, 0) is 48.0 Å². The minimum atomic E-state index is -0.626. The second-order valence-electron chi connectivity index (χ2n) is 5.27. The number of benzene rings is 1. The van der Waals surface area contributed by atoms with Crippen molar-refractivity contribution >= 4 is 5.52 Å². The summed E-state index contributed by atoms with van der Waals surface area (Å²) in [6, 6.07) is 11.6. The maximum Gasteiger partial charge on any atom is 0.213 e.